The van der Waals surface area contributed by atoms with Gasteiger partial charge in [0.2, 0.25) is 0 Å². The molecule has 1 aliphatic rings. The Kier molecular flexibility index (Phi) is 5.17. The number of pyridine rings is 1. The number of benzene rings is 1. The van der Waals surface area contributed by atoms with Crippen LogP contribution in [0.2, 0.25) is 5.02 Å². The maximum Gasteiger partial charge on any atom is 0.311 e. The molecule has 2 heterocycles. The Morgan fingerprint density at radius 1 is 1.25 bits per heavy atom. The third-order valence-corrected chi connectivity index (χ3v) is 4.93. The molecule has 0 bridgehead atoms. The molecule has 0 spiro atoms. The Labute approximate surface area is 147 Å². The van der Waals surface area contributed by atoms with E-state index < -0.39 is 11.4 Å². The van der Waals surface area contributed by atoms with Crippen molar-refractivity contribution < 1.29 is 9.90 Å². The molecule has 1 saturated heterocycles. The third-order valence-electron chi connectivity index (χ3n) is 4.70. The van der Waals surface area contributed by atoms with Gasteiger partial charge in [-0.3, -0.25) is 14.7 Å². The van der Waals surface area contributed by atoms with Gasteiger partial charge in [0, 0.05) is 30.5 Å². The highest BCUT2D eigenvalue weighted by molar-refractivity contribution is 6.30. The summed E-state index contributed by atoms with van der Waals surface area (Å²) in [5.41, 5.74) is 1.39. The molecule has 126 valence electrons. The van der Waals surface area contributed by atoms with Gasteiger partial charge in [0.05, 0.1) is 5.41 Å². The number of aliphatic carboxylic acids is 1. The second-order valence-corrected chi connectivity index (χ2v) is 7.00. The van der Waals surface area contributed by atoms with E-state index in [0.717, 1.165) is 30.6 Å². The summed E-state index contributed by atoms with van der Waals surface area (Å²) in [7, 11) is 0. The minimum atomic E-state index is -0.754. The Morgan fingerprint density at radius 3 is 2.75 bits per heavy atom. The maximum absolute atomic E-state index is 12.1. The number of aromatic nitrogens is 1. The molecule has 0 unspecified atom stereocenters. The molecule has 0 aliphatic carbocycles. The summed E-state index contributed by atoms with van der Waals surface area (Å²) in [4.78, 5) is 18.4. The average Bonchev–Trinajstić information content (AvgIpc) is 2.56. The number of hydrogen-bond acceptors (Lipinski definition) is 3. The number of halogens is 1. The zero-order chi connectivity index (χ0) is 17.0. The van der Waals surface area contributed by atoms with Crippen molar-refractivity contribution in [3.05, 3.63) is 64.9 Å². The van der Waals surface area contributed by atoms with Gasteiger partial charge < -0.3 is 5.11 Å². The van der Waals surface area contributed by atoms with Crippen LogP contribution in [-0.2, 0) is 17.8 Å². The van der Waals surface area contributed by atoms with Crippen LogP contribution in [0.25, 0.3) is 0 Å². The molecule has 0 radical (unpaired) electrons. The van der Waals surface area contributed by atoms with Gasteiger partial charge in [0.25, 0.3) is 0 Å². The molecule has 1 aromatic heterocycles. The van der Waals surface area contributed by atoms with E-state index in [0.29, 0.717) is 24.4 Å². The van der Waals surface area contributed by atoms with Gasteiger partial charge >= 0.3 is 5.97 Å². The number of carbonyl (C=O) groups is 1. The Hall–Kier alpha value is -1.91. The van der Waals surface area contributed by atoms with Crippen LogP contribution in [-0.4, -0.2) is 34.0 Å². The summed E-state index contributed by atoms with van der Waals surface area (Å²) in [6.45, 7) is 2.23. The fourth-order valence-electron chi connectivity index (χ4n) is 3.54. The lowest BCUT2D eigenvalue weighted by molar-refractivity contribution is -0.152. The first-order valence-corrected chi connectivity index (χ1v) is 8.54. The highest BCUT2D eigenvalue weighted by Gasteiger charge is 2.42. The van der Waals surface area contributed by atoms with Gasteiger partial charge in [-0.25, -0.2) is 0 Å². The number of hydrogen-bond donors (Lipinski definition) is 1. The van der Waals surface area contributed by atoms with Crippen molar-refractivity contribution in [1.82, 2.24) is 9.88 Å². The molecule has 1 fully saturated rings. The Morgan fingerprint density at radius 2 is 2.04 bits per heavy atom. The average molecular weight is 345 g/mol. The van der Waals surface area contributed by atoms with Crippen molar-refractivity contribution in [2.45, 2.75) is 25.8 Å². The summed E-state index contributed by atoms with van der Waals surface area (Å²) < 4.78 is 0. The molecule has 1 atom stereocenters. The maximum atomic E-state index is 12.1. The van der Waals surface area contributed by atoms with Crippen LogP contribution in [0.3, 0.4) is 0 Å². The van der Waals surface area contributed by atoms with Crippen LogP contribution in [0.15, 0.2) is 48.8 Å². The van der Waals surface area contributed by atoms with Crippen LogP contribution in [0.1, 0.15) is 24.0 Å². The molecular weight excluding hydrogens is 324 g/mol. The van der Waals surface area contributed by atoms with Crippen molar-refractivity contribution in [3.63, 3.8) is 0 Å². The second-order valence-electron chi connectivity index (χ2n) is 6.56. The van der Waals surface area contributed by atoms with E-state index in [1.807, 2.05) is 36.4 Å². The predicted octanol–water partition coefficient (Wildman–Crippen LogP) is 3.64. The van der Waals surface area contributed by atoms with E-state index in [9.17, 15) is 9.90 Å². The largest absolute Gasteiger partial charge is 0.481 e. The van der Waals surface area contributed by atoms with Gasteiger partial charge in [0.1, 0.15) is 0 Å². The zero-order valence-electron chi connectivity index (χ0n) is 13.5. The molecule has 2 aromatic rings. The first kappa shape index (κ1) is 16.9. The van der Waals surface area contributed by atoms with Crippen molar-refractivity contribution in [1.29, 1.82) is 0 Å². The smallest absolute Gasteiger partial charge is 0.311 e. The summed E-state index contributed by atoms with van der Waals surface area (Å²) in [6, 6.07) is 11.5. The van der Waals surface area contributed by atoms with Crippen LogP contribution >= 0.6 is 11.6 Å². The quantitative estimate of drug-likeness (QED) is 0.899. The van der Waals surface area contributed by atoms with E-state index in [1.165, 1.54) is 0 Å². The van der Waals surface area contributed by atoms with Gasteiger partial charge in [-0.15, -0.1) is 0 Å². The van der Waals surface area contributed by atoms with Gasteiger partial charge in [0.15, 0.2) is 0 Å². The van der Waals surface area contributed by atoms with Crippen LogP contribution in [0.5, 0.6) is 0 Å². The molecule has 1 aromatic carbocycles. The van der Waals surface area contributed by atoms with Crippen molar-refractivity contribution in [2.75, 3.05) is 13.1 Å². The van der Waals surface area contributed by atoms with Crippen molar-refractivity contribution in [2.24, 2.45) is 5.41 Å². The lowest BCUT2D eigenvalue weighted by atomic mass is 9.75. The van der Waals surface area contributed by atoms with E-state index in [4.69, 9.17) is 11.6 Å². The van der Waals surface area contributed by atoms with Crippen LogP contribution in [0.4, 0.5) is 0 Å². The van der Waals surface area contributed by atoms with E-state index in [2.05, 4.69) is 9.88 Å². The normalized spacial score (nSPS) is 21.5. The highest BCUT2D eigenvalue weighted by atomic mass is 35.5. The topological polar surface area (TPSA) is 53.4 Å². The Balaban J connectivity index is 1.77. The van der Waals surface area contributed by atoms with Crippen molar-refractivity contribution in [3.8, 4) is 0 Å². The lowest BCUT2D eigenvalue weighted by Gasteiger charge is -2.40. The minimum absolute atomic E-state index is 0.510. The molecule has 0 amide bonds. The number of carboxylic acids is 1. The van der Waals surface area contributed by atoms with E-state index in [1.54, 1.807) is 12.4 Å². The summed E-state index contributed by atoms with van der Waals surface area (Å²) in [5.74, 6) is -0.720. The SMILES string of the molecule is O=C(O)[C@@]1(Cc2cccc(Cl)c2)CCCN(Cc2ccncc2)C1. The number of rotatable bonds is 5. The van der Waals surface area contributed by atoms with Crippen molar-refractivity contribution >= 4 is 17.6 Å². The summed E-state index contributed by atoms with van der Waals surface area (Å²) >= 11 is 6.06. The number of carboxylic acid groups (broad SMARTS) is 1. The molecule has 24 heavy (non-hydrogen) atoms. The van der Waals surface area contributed by atoms with Gasteiger partial charge in [-0.05, 0) is 61.2 Å². The molecule has 3 rings (SSSR count). The number of nitrogens with zero attached hydrogens (tertiary/aromatic N) is 2. The van der Waals surface area contributed by atoms with Gasteiger partial charge in [-0.1, -0.05) is 23.7 Å². The molecule has 1 aliphatic heterocycles. The molecular formula is C19H21ClN2O2. The highest BCUT2D eigenvalue weighted by Crippen LogP contribution is 2.35. The third kappa shape index (κ3) is 3.94. The molecule has 1 N–H and O–H groups in total. The monoisotopic (exact) mass is 344 g/mol. The Bertz CT molecular complexity index is 708. The predicted molar refractivity (Wildman–Crippen MR) is 94.0 cm³/mol. The number of piperidine rings is 1. The van der Waals surface area contributed by atoms with Crippen LogP contribution < -0.4 is 0 Å². The van der Waals surface area contributed by atoms with Crippen LogP contribution in [0, 0.1) is 5.41 Å². The lowest BCUT2D eigenvalue weighted by Crippen LogP contribution is -2.48. The second kappa shape index (κ2) is 7.32. The summed E-state index contributed by atoms with van der Waals surface area (Å²) in [5, 5.41) is 10.6. The first-order valence-electron chi connectivity index (χ1n) is 8.16. The summed E-state index contributed by atoms with van der Waals surface area (Å²) in [6.07, 6.45) is 5.64. The molecule has 5 heteroatoms. The standard InChI is InChI=1S/C19H21ClN2O2/c20-17-4-1-3-16(11-17)12-19(18(23)24)7-2-10-22(14-19)13-15-5-8-21-9-6-15/h1,3-6,8-9,11H,2,7,10,12-14H2,(H,23,24)/t19-/m1/s1. The van der Waals surface area contributed by atoms with Gasteiger partial charge in [-0.2, -0.15) is 0 Å². The van der Waals surface area contributed by atoms with E-state index in [-0.39, 0.29) is 0 Å². The minimum Gasteiger partial charge on any atom is -0.481 e. The first-order chi connectivity index (χ1) is 11.6. The van der Waals surface area contributed by atoms with E-state index >= 15 is 0 Å². The molecule has 4 nitrogen and oxygen atoms in total. The fourth-order valence-corrected chi connectivity index (χ4v) is 3.75. The number of likely N-dealkylation sites (tertiary alicyclic amines) is 1. The fraction of sp³-hybridized carbons (Fsp3) is 0.368. The molecule has 0 saturated carbocycles. The zero-order valence-corrected chi connectivity index (χ0v) is 14.2.